The lowest BCUT2D eigenvalue weighted by Crippen LogP contribution is -2.41. The van der Waals surface area contributed by atoms with E-state index in [1.54, 1.807) is 30.3 Å². The fourth-order valence-corrected chi connectivity index (χ4v) is 5.50. The van der Waals surface area contributed by atoms with Gasteiger partial charge < -0.3 is 19.5 Å². The molecule has 0 aliphatic carbocycles. The van der Waals surface area contributed by atoms with Crippen LogP contribution in [0, 0.1) is 5.92 Å². The van der Waals surface area contributed by atoms with Crippen LogP contribution in [0.2, 0.25) is 0 Å². The Labute approximate surface area is 200 Å². The van der Waals surface area contributed by atoms with Crippen LogP contribution in [-0.4, -0.2) is 58.0 Å². The number of rotatable bonds is 9. The molecular formula is C24H30N2O7S. The maximum atomic E-state index is 13.2. The van der Waals surface area contributed by atoms with E-state index in [0.29, 0.717) is 43.2 Å². The summed E-state index contributed by atoms with van der Waals surface area (Å²) in [6, 6.07) is 11.2. The summed E-state index contributed by atoms with van der Waals surface area (Å²) in [7, 11) is -2.71. The van der Waals surface area contributed by atoms with Crippen LogP contribution < -0.4 is 14.8 Å². The molecule has 1 heterocycles. The number of hydrogen-bond donors (Lipinski definition) is 1. The summed E-state index contributed by atoms with van der Waals surface area (Å²) in [6.07, 6.45) is 0.696. The highest BCUT2D eigenvalue weighted by Gasteiger charge is 2.34. The summed E-state index contributed by atoms with van der Waals surface area (Å²) >= 11 is 0. The van der Waals surface area contributed by atoms with E-state index in [-0.39, 0.29) is 35.4 Å². The summed E-state index contributed by atoms with van der Waals surface area (Å²) in [4.78, 5) is 24.9. The van der Waals surface area contributed by atoms with Crippen molar-refractivity contribution >= 4 is 27.6 Å². The highest BCUT2D eigenvalue weighted by Crippen LogP contribution is 2.32. The van der Waals surface area contributed by atoms with Gasteiger partial charge in [-0.1, -0.05) is 12.1 Å². The molecule has 184 valence electrons. The number of nitrogens with zero attached hydrogens (tertiary/aromatic N) is 1. The molecule has 0 bridgehead atoms. The fourth-order valence-electron chi connectivity index (χ4n) is 3.85. The highest BCUT2D eigenvalue weighted by atomic mass is 32.2. The molecule has 1 aliphatic rings. The second-order valence-electron chi connectivity index (χ2n) is 7.68. The van der Waals surface area contributed by atoms with Crippen molar-refractivity contribution in [2.24, 2.45) is 5.92 Å². The second kappa shape index (κ2) is 11.3. The third-order valence-electron chi connectivity index (χ3n) is 5.55. The van der Waals surface area contributed by atoms with Crippen LogP contribution in [0.15, 0.2) is 47.4 Å². The first-order valence-electron chi connectivity index (χ1n) is 11.2. The number of piperidine rings is 1. The number of hydrogen-bond acceptors (Lipinski definition) is 7. The maximum absolute atomic E-state index is 13.2. The predicted molar refractivity (Wildman–Crippen MR) is 127 cm³/mol. The van der Waals surface area contributed by atoms with Gasteiger partial charge in [0, 0.05) is 25.1 Å². The molecule has 0 saturated carbocycles. The zero-order chi connectivity index (χ0) is 24.7. The third-order valence-corrected chi connectivity index (χ3v) is 7.51. The van der Waals surface area contributed by atoms with Gasteiger partial charge in [-0.3, -0.25) is 4.79 Å². The quantitative estimate of drug-likeness (QED) is 0.537. The Kier molecular flexibility index (Phi) is 8.51. The molecule has 34 heavy (non-hydrogen) atoms. The Bertz CT molecular complexity index is 1130. The van der Waals surface area contributed by atoms with E-state index in [0.717, 1.165) is 0 Å². The lowest BCUT2D eigenvalue weighted by atomic mass is 9.97. The van der Waals surface area contributed by atoms with Gasteiger partial charge in [0.1, 0.15) is 11.5 Å². The minimum Gasteiger partial charge on any atom is -0.494 e. The smallest absolute Gasteiger partial charge is 0.339 e. The molecular weight excluding hydrogens is 460 g/mol. The fraction of sp³-hybridized carbons (Fsp3) is 0.417. The normalized spacial score (nSPS) is 14.9. The van der Waals surface area contributed by atoms with E-state index in [4.69, 9.17) is 14.2 Å². The number of nitrogens with one attached hydrogen (secondary N) is 1. The number of ether oxygens (including phenoxy) is 3. The predicted octanol–water partition coefficient (Wildman–Crippen LogP) is 3.31. The lowest BCUT2D eigenvalue weighted by molar-refractivity contribution is -0.120. The van der Waals surface area contributed by atoms with Crippen LogP contribution in [-0.2, 0) is 19.6 Å². The molecule has 1 aliphatic heterocycles. The van der Waals surface area contributed by atoms with Gasteiger partial charge in [0.2, 0.25) is 15.9 Å². The van der Waals surface area contributed by atoms with Gasteiger partial charge in [-0.15, -0.1) is 0 Å². The molecule has 0 spiro atoms. The van der Waals surface area contributed by atoms with Crippen LogP contribution in [0.3, 0.4) is 0 Å². The molecule has 10 heteroatoms. The van der Waals surface area contributed by atoms with E-state index in [1.807, 2.05) is 13.8 Å². The van der Waals surface area contributed by atoms with E-state index < -0.39 is 16.0 Å². The van der Waals surface area contributed by atoms with Crippen molar-refractivity contribution in [3.8, 4) is 11.5 Å². The van der Waals surface area contributed by atoms with Crippen molar-refractivity contribution in [3.63, 3.8) is 0 Å². The summed E-state index contributed by atoms with van der Waals surface area (Å²) in [6.45, 7) is 4.99. The molecule has 1 fully saturated rings. The number of esters is 1. The monoisotopic (exact) mass is 490 g/mol. The molecule has 3 rings (SSSR count). The number of carbonyl (C=O) groups excluding carboxylic acids is 2. The van der Waals surface area contributed by atoms with Crippen LogP contribution in [0.4, 0.5) is 5.69 Å². The molecule has 2 aromatic rings. The first kappa shape index (κ1) is 25.5. The molecule has 1 saturated heterocycles. The van der Waals surface area contributed by atoms with Gasteiger partial charge in [-0.25, -0.2) is 13.2 Å². The number of benzene rings is 2. The Morgan fingerprint density at radius 2 is 1.71 bits per heavy atom. The van der Waals surface area contributed by atoms with Crippen molar-refractivity contribution in [2.45, 2.75) is 31.6 Å². The highest BCUT2D eigenvalue weighted by molar-refractivity contribution is 7.89. The van der Waals surface area contributed by atoms with Crippen molar-refractivity contribution < 1.29 is 32.2 Å². The summed E-state index contributed by atoms with van der Waals surface area (Å²) < 4.78 is 43.6. The topological polar surface area (TPSA) is 111 Å². The average Bonchev–Trinajstić information content (AvgIpc) is 2.85. The third kappa shape index (κ3) is 5.68. The zero-order valence-electron chi connectivity index (χ0n) is 19.6. The molecule has 0 atom stereocenters. The van der Waals surface area contributed by atoms with Crippen molar-refractivity contribution in [1.29, 1.82) is 0 Å². The molecule has 2 aromatic carbocycles. The Hall–Kier alpha value is -3.11. The number of methoxy groups -OCH3 is 1. The maximum Gasteiger partial charge on any atom is 0.339 e. The van der Waals surface area contributed by atoms with E-state index in [9.17, 15) is 18.0 Å². The summed E-state index contributed by atoms with van der Waals surface area (Å²) in [5, 5.41) is 2.91. The molecule has 9 nitrogen and oxygen atoms in total. The number of sulfonamides is 1. The molecule has 0 aromatic heterocycles. The van der Waals surface area contributed by atoms with Crippen molar-refractivity contribution in [2.75, 3.05) is 38.7 Å². The molecule has 0 unspecified atom stereocenters. The Balaban J connectivity index is 1.70. The van der Waals surface area contributed by atoms with Crippen LogP contribution in [0.1, 0.15) is 37.0 Å². The SMILES string of the molecule is CCOc1ccc(OCC)c(NC(=O)C2CCN(S(=O)(=O)c3ccccc3C(=O)OC)CC2)c1. The van der Waals surface area contributed by atoms with E-state index in [2.05, 4.69) is 5.32 Å². The van der Waals surface area contributed by atoms with Gasteiger partial charge in [-0.05, 0) is 51.0 Å². The van der Waals surface area contributed by atoms with Crippen molar-refractivity contribution in [1.82, 2.24) is 4.31 Å². The van der Waals surface area contributed by atoms with Crippen molar-refractivity contribution in [3.05, 3.63) is 48.0 Å². The molecule has 1 N–H and O–H groups in total. The average molecular weight is 491 g/mol. The van der Waals surface area contributed by atoms with Crippen LogP contribution in [0.5, 0.6) is 11.5 Å². The first-order chi connectivity index (χ1) is 16.3. The Morgan fingerprint density at radius 1 is 1.03 bits per heavy atom. The van der Waals surface area contributed by atoms with E-state index in [1.165, 1.54) is 23.5 Å². The summed E-state index contributed by atoms with van der Waals surface area (Å²) in [5.41, 5.74) is 0.502. The van der Waals surface area contributed by atoms with Gasteiger partial charge in [-0.2, -0.15) is 4.31 Å². The van der Waals surface area contributed by atoms with Crippen LogP contribution in [0.25, 0.3) is 0 Å². The number of carbonyl (C=O) groups is 2. The van der Waals surface area contributed by atoms with Gasteiger partial charge in [0.25, 0.3) is 0 Å². The first-order valence-corrected chi connectivity index (χ1v) is 12.6. The summed E-state index contributed by atoms with van der Waals surface area (Å²) in [5.74, 6) is -0.132. The minimum absolute atomic E-state index is 0.0116. The number of anilines is 1. The Morgan fingerprint density at radius 3 is 2.35 bits per heavy atom. The van der Waals surface area contributed by atoms with Gasteiger partial charge in [0.05, 0.1) is 36.5 Å². The molecule has 0 radical (unpaired) electrons. The van der Waals surface area contributed by atoms with E-state index >= 15 is 0 Å². The van der Waals surface area contributed by atoms with Crippen LogP contribution >= 0.6 is 0 Å². The largest absolute Gasteiger partial charge is 0.494 e. The second-order valence-corrected chi connectivity index (χ2v) is 9.59. The van der Waals surface area contributed by atoms with Gasteiger partial charge >= 0.3 is 5.97 Å². The zero-order valence-corrected chi connectivity index (χ0v) is 20.4. The standard InChI is InChI=1S/C24H30N2O7S/c1-4-32-18-10-11-21(33-5-2)20(16-18)25-23(27)17-12-14-26(15-13-17)34(29,30)22-9-7-6-8-19(22)24(28)31-3/h6-11,16-17H,4-5,12-15H2,1-3H3,(H,25,27). The minimum atomic E-state index is -3.92. The molecule has 1 amide bonds. The lowest BCUT2D eigenvalue weighted by Gasteiger charge is -2.31. The number of amides is 1. The van der Waals surface area contributed by atoms with Gasteiger partial charge in [0.15, 0.2) is 0 Å².